The van der Waals surface area contributed by atoms with Gasteiger partial charge in [-0.3, -0.25) is 0 Å². The fourth-order valence-electron chi connectivity index (χ4n) is 5.77. The van der Waals surface area contributed by atoms with Crippen LogP contribution in [0, 0.1) is 0 Å². The molecule has 0 aliphatic carbocycles. The third-order valence-corrected chi connectivity index (χ3v) is 8.26. The molecule has 40 heavy (non-hydrogen) atoms. The number of pyridine rings is 1. The van der Waals surface area contributed by atoms with Gasteiger partial charge in [0.15, 0.2) is 0 Å². The summed E-state index contributed by atoms with van der Waals surface area (Å²) in [5.74, 6) is 0.138. The van der Waals surface area contributed by atoms with Crippen molar-refractivity contribution in [3.05, 3.63) is 118 Å². The summed E-state index contributed by atoms with van der Waals surface area (Å²) in [7, 11) is 8.30. The zero-order chi connectivity index (χ0) is 28.3. The minimum atomic E-state index is -1.20. The average molecular weight is 599 g/mol. The Hall–Kier alpha value is -3.25. The lowest BCUT2D eigenvalue weighted by molar-refractivity contribution is -0.870. The minimum absolute atomic E-state index is 0.398. The molecule has 0 aliphatic heterocycles. The van der Waals surface area contributed by atoms with Crippen molar-refractivity contribution in [2.24, 2.45) is 0 Å². The first-order valence-corrected chi connectivity index (χ1v) is 14.7. The van der Waals surface area contributed by atoms with Crippen LogP contribution in [0.1, 0.15) is 41.9 Å². The van der Waals surface area contributed by atoms with Crippen molar-refractivity contribution in [1.29, 1.82) is 0 Å². The van der Waals surface area contributed by atoms with Gasteiger partial charge in [0.2, 0.25) is 5.88 Å². The number of hydrogen-bond donors (Lipinski definition) is 1. The van der Waals surface area contributed by atoms with Crippen LogP contribution < -0.4 is 4.74 Å². The van der Waals surface area contributed by atoms with Crippen molar-refractivity contribution in [2.45, 2.75) is 30.8 Å². The third-order valence-electron chi connectivity index (χ3n) is 7.77. The fraction of sp³-hybridized carbons (Fsp3) is 0.286. The second-order valence-corrected chi connectivity index (χ2v) is 12.6. The quantitative estimate of drug-likeness (QED) is 0.131. The van der Waals surface area contributed by atoms with Gasteiger partial charge in [-0.1, -0.05) is 82.7 Å². The van der Waals surface area contributed by atoms with E-state index in [9.17, 15) is 5.11 Å². The first-order chi connectivity index (χ1) is 19.2. The highest BCUT2D eigenvalue weighted by molar-refractivity contribution is 9.10. The van der Waals surface area contributed by atoms with Crippen LogP contribution in [0.3, 0.4) is 0 Å². The number of halogens is 1. The Morgan fingerprint density at radius 1 is 0.825 bits per heavy atom. The van der Waals surface area contributed by atoms with E-state index in [1.807, 2.05) is 30.3 Å². The second-order valence-electron chi connectivity index (χ2n) is 11.7. The molecule has 4 nitrogen and oxygen atoms in total. The summed E-state index contributed by atoms with van der Waals surface area (Å²) in [6, 6.07) is 33.2. The molecule has 0 radical (unpaired) electrons. The molecule has 206 valence electrons. The van der Waals surface area contributed by atoms with Gasteiger partial charge in [-0.15, -0.1) is 0 Å². The molecule has 0 spiro atoms. The lowest BCUT2D eigenvalue weighted by atomic mass is 9.71. The number of rotatable bonds is 10. The van der Waals surface area contributed by atoms with Crippen LogP contribution in [0.4, 0.5) is 0 Å². The van der Waals surface area contributed by atoms with E-state index in [4.69, 9.17) is 9.72 Å². The molecule has 5 rings (SSSR count). The number of hydrogen-bond acceptors (Lipinski definition) is 3. The van der Waals surface area contributed by atoms with Crippen LogP contribution in [0.2, 0.25) is 0 Å². The highest BCUT2D eigenvalue weighted by atomic mass is 79.9. The van der Waals surface area contributed by atoms with Crippen molar-refractivity contribution in [1.82, 2.24) is 4.98 Å². The summed E-state index contributed by atoms with van der Waals surface area (Å²) in [5.41, 5.74) is 2.46. The Morgan fingerprint density at radius 3 is 2.27 bits per heavy atom. The molecule has 0 aliphatic rings. The summed E-state index contributed by atoms with van der Waals surface area (Å²) >= 11 is 3.62. The Kier molecular flexibility index (Phi) is 8.27. The zero-order valence-electron chi connectivity index (χ0n) is 23.8. The van der Waals surface area contributed by atoms with Crippen molar-refractivity contribution in [3.63, 3.8) is 0 Å². The third kappa shape index (κ3) is 6.07. The molecule has 1 aromatic heterocycles. The minimum Gasteiger partial charge on any atom is -0.481 e. The molecule has 5 aromatic rings. The number of ether oxygens (including phenoxy) is 1. The predicted octanol–water partition coefficient (Wildman–Crippen LogP) is 8.06. The molecule has 0 amide bonds. The van der Waals surface area contributed by atoms with Gasteiger partial charge < -0.3 is 14.3 Å². The van der Waals surface area contributed by atoms with Gasteiger partial charge in [0.05, 0.1) is 40.3 Å². The van der Waals surface area contributed by atoms with Crippen molar-refractivity contribution < 1.29 is 14.3 Å². The van der Waals surface area contributed by atoms with Crippen LogP contribution in [-0.2, 0) is 5.60 Å². The molecule has 1 heterocycles. The highest BCUT2D eigenvalue weighted by Crippen LogP contribution is 2.48. The van der Waals surface area contributed by atoms with Gasteiger partial charge in [-0.05, 0) is 71.5 Å². The molecule has 4 aromatic carbocycles. The van der Waals surface area contributed by atoms with Gasteiger partial charge in [-0.2, -0.15) is 0 Å². The molecule has 0 fully saturated rings. The van der Waals surface area contributed by atoms with E-state index in [2.05, 4.69) is 104 Å². The number of unbranched alkanes of at least 4 members (excludes halogenated alkanes) is 1. The van der Waals surface area contributed by atoms with Gasteiger partial charge in [0, 0.05) is 21.3 Å². The monoisotopic (exact) mass is 597 g/mol. The van der Waals surface area contributed by atoms with Crippen LogP contribution in [0.25, 0.3) is 21.7 Å². The van der Waals surface area contributed by atoms with E-state index in [1.54, 1.807) is 7.11 Å². The maximum absolute atomic E-state index is 13.1. The number of benzene rings is 4. The van der Waals surface area contributed by atoms with E-state index in [0.29, 0.717) is 12.3 Å². The first kappa shape index (κ1) is 28.3. The van der Waals surface area contributed by atoms with Crippen LogP contribution in [-0.4, -0.2) is 49.4 Å². The van der Waals surface area contributed by atoms with Crippen molar-refractivity contribution in [2.75, 3.05) is 34.8 Å². The smallest absolute Gasteiger partial charge is 0.217 e. The lowest BCUT2D eigenvalue weighted by Crippen LogP contribution is -2.37. The number of quaternary nitrogens is 1. The number of aromatic nitrogens is 1. The Morgan fingerprint density at radius 2 is 1.55 bits per heavy atom. The van der Waals surface area contributed by atoms with E-state index in [1.165, 1.54) is 0 Å². The Bertz CT molecular complexity index is 1610. The Labute approximate surface area is 246 Å². The number of fused-ring (bicyclic) bond motifs is 2. The van der Waals surface area contributed by atoms with Crippen LogP contribution >= 0.6 is 15.9 Å². The maximum atomic E-state index is 13.1. The summed E-state index contributed by atoms with van der Waals surface area (Å²) in [6.07, 6.45) is 2.50. The SMILES string of the molecule is COc1nc2ccc(Br)cc2cc1C(c1ccccc1)C(O)(CCCC[N+](C)(C)C)c1ccc2ccccc2c1. The van der Waals surface area contributed by atoms with Crippen molar-refractivity contribution >= 4 is 37.6 Å². The van der Waals surface area contributed by atoms with E-state index in [0.717, 1.165) is 66.7 Å². The topological polar surface area (TPSA) is 42.4 Å². The first-order valence-electron chi connectivity index (χ1n) is 13.9. The summed E-state index contributed by atoms with van der Waals surface area (Å²) < 4.78 is 7.80. The van der Waals surface area contributed by atoms with Gasteiger partial charge >= 0.3 is 0 Å². The molecule has 0 saturated carbocycles. The highest BCUT2D eigenvalue weighted by Gasteiger charge is 2.42. The number of nitrogens with zero attached hydrogens (tertiary/aromatic N) is 2. The normalized spacial score (nSPS) is 14.2. The van der Waals surface area contributed by atoms with Crippen molar-refractivity contribution in [3.8, 4) is 5.88 Å². The number of methoxy groups -OCH3 is 1. The average Bonchev–Trinajstić information content (AvgIpc) is 2.95. The van der Waals surface area contributed by atoms with E-state index >= 15 is 0 Å². The standard InChI is InChI=1S/C35H38BrN2O2/c1-38(2,3)21-11-10-20-35(39,29-17-16-25-12-8-9-15-27(25)22-29)33(26-13-6-5-7-14-26)31-24-28-23-30(36)18-19-32(28)37-34(31)40-4/h5-9,12-19,22-24,33,39H,10-11,20-21H2,1-4H3/q+1. The molecule has 2 atom stereocenters. The van der Waals surface area contributed by atoms with E-state index in [-0.39, 0.29) is 0 Å². The largest absolute Gasteiger partial charge is 0.481 e. The number of aliphatic hydroxyl groups is 1. The maximum Gasteiger partial charge on any atom is 0.217 e. The molecular formula is C35H38BrN2O2+. The predicted molar refractivity (Wildman–Crippen MR) is 169 cm³/mol. The van der Waals surface area contributed by atoms with Crippen LogP contribution in [0.5, 0.6) is 5.88 Å². The van der Waals surface area contributed by atoms with Crippen LogP contribution in [0.15, 0.2) is 102 Å². The van der Waals surface area contributed by atoms with Gasteiger partial charge in [0.25, 0.3) is 0 Å². The summed E-state index contributed by atoms with van der Waals surface area (Å²) in [4.78, 5) is 4.91. The zero-order valence-corrected chi connectivity index (χ0v) is 25.4. The van der Waals surface area contributed by atoms with Gasteiger partial charge in [0.1, 0.15) is 5.60 Å². The summed E-state index contributed by atoms with van der Waals surface area (Å²) in [6.45, 7) is 1.04. The molecule has 5 heteroatoms. The Balaban J connectivity index is 1.72. The molecule has 1 N–H and O–H groups in total. The summed E-state index contributed by atoms with van der Waals surface area (Å²) in [5, 5.41) is 16.4. The fourth-order valence-corrected chi connectivity index (χ4v) is 6.15. The van der Waals surface area contributed by atoms with Gasteiger partial charge in [-0.25, -0.2) is 4.98 Å². The molecule has 0 saturated heterocycles. The lowest BCUT2D eigenvalue weighted by Gasteiger charge is -2.38. The second kappa shape index (κ2) is 11.7. The molecule has 0 bridgehead atoms. The molecule has 2 unspecified atom stereocenters. The molecular weight excluding hydrogens is 560 g/mol. The van der Waals surface area contributed by atoms with E-state index < -0.39 is 11.5 Å².